The van der Waals surface area contributed by atoms with Crippen molar-refractivity contribution in [2.45, 2.75) is 0 Å². The molecule has 0 fully saturated rings. The van der Waals surface area contributed by atoms with Gasteiger partial charge in [0.1, 0.15) is 5.82 Å². The van der Waals surface area contributed by atoms with Gasteiger partial charge in [0.25, 0.3) is 0 Å². The Kier molecular flexibility index (Phi) is 2.74. The molecule has 0 spiro atoms. The van der Waals surface area contributed by atoms with Crippen LogP contribution in [0.4, 0.5) is 4.39 Å². The fourth-order valence-electron chi connectivity index (χ4n) is 1.47. The Hall–Kier alpha value is -1.34. The first kappa shape index (κ1) is 10.2. The maximum absolute atomic E-state index is 13.2. The Labute approximate surface area is 93.3 Å². The average Bonchev–Trinajstić information content (AvgIpc) is 2.23. The van der Waals surface area contributed by atoms with Crippen molar-refractivity contribution in [2.24, 2.45) is 0 Å². The maximum Gasteiger partial charge on any atom is 0.142 e. The fraction of sp³-hybridized carbons (Fsp3) is 0. The molecular formula is C13H9ClF. The molecule has 0 unspecified atom stereocenters. The predicted molar refractivity (Wildman–Crippen MR) is 61.3 cm³/mol. The molecule has 0 saturated carbocycles. The van der Waals surface area contributed by atoms with Gasteiger partial charge >= 0.3 is 0 Å². The zero-order valence-corrected chi connectivity index (χ0v) is 8.76. The summed E-state index contributed by atoms with van der Waals surface area (Å²) in [6.45, 7) is 3.89. The van der Waals surface area contributed by atoms with E-state index in [0.29, 0.717) is 0 Å². The molecule has 0 heterocycles. The Bertz CT molecular complexity index is 492. The molecule has 0 atom stereocenters. The summed E-state index contributed by atoms with van der Waals surface area (Å²) in [7, 11) is 0. The molecule has 2 aromatic carbocycles. The molecule has 0 saturated heterocycles. The topological polar surface area (TPSA) is 0 Å². The minimum absolute atomic E-state index is 0.139. The van der Waals surface area contributed by atoms with Gasteiger partial charge in [0.2, 0.25) is 0 Å². The monoisotopic (exact) mass is 219 g/mol. The lowest BCUT2D eigenvalue weighted by Crippen LogP contribution is -1.84. The Morgan fingerprint density at radius 2 is 1.80 bits per heavy atom. The van der Waals surface area contributed by atoms with Gasteiger partial charge in [0, 0.05) is 0 Å². The van der Waals surface area contributed by atoms with Gasteiger partial charge in [-0.2, -0.15) is 0 Å². The van der Waals surface area contributed by atoms with E-state index in [1.807, 2.05) is 24.3 Å². The summed E-state index contributed by atoms with van der Waals surface area (Å²) in [5.41, 5.74) is 2.59. The number of rotatable bonds is 1. The molecular weight excluding hydrogens is 211 g/mol. The number of hydrogen-bond acceptors (Lipinski definition) is 0. The van der Waals surface area contributed by atoms with Crippen molar-refractivity contribution >= 4 is 11.6 Å². The molecule has 2 rings (SSSR count). The average molecular weight is 220 g/mol. The molecule has 15 heavy (non-hydrogen) atoms. The van der Waals surface area contributed by atoms with E-state index in [0.717, 1.165) is 16.7 Å². The highest BCUT2D eigenvalue weighted by atomic mass is 35.5. The third kappa shape index (κ3) is 2.02. The molecule has 0 aliphatic heterocycles. The fourth-order valence-corrected chi connectivity index (χ4v) is 1.58. The lowest BCUT2D eigenvalue weighted by atomic mass is 10.0. The summed E-state index contributed by atoms with van der Waals surface area (Å²) >= 11 is 5.62. The molecule has 0 aliphatic rings. The standard InChI is InChI=1S/C13H9ClF/c1-9-4-2-3-5-11(9)10-6-7-12(14)13(15)8-10/h2-8H,1H2. The van der Waals surface area contributed by atoms with Crippen LogP contribution in [-0.4, -0.2) is 0 Å². The van der Waals surface area contributed by atoms with Crippen LogP contribution in [0.3, 0.4) is 0 Å². The van der Waals surface area contributed by atoms with Gasteiger partial charge < -0.3 is 0 Å². The summed E-state index contributed by atoms with van der Waals surface area (Å²) in [5.74, 6) is -0.405. The van der Waals surface area contributed by atoms with Gasteiger partial charge in [-0.15, -0.1) is 0 Å². The van der Waals surface area contributed by atoms with E-state index in [9.17, 15) is 4.39 Å². The van der Waals surface area contributed by atoms with Crippen LogP contribution in [0.1, 0.15) is 5.56 Å². The van der Waals surface area contributed by atoms with Crippen molar-refractivity contribution in [2.75, 3.05) is 0 Å². The van der Waals surface area contributed by atoms with E-state index < -0.39 is 5.82 Å². The first-order valence-electron chi connectivity index (χ1n) is 4.55. The molecule has 0 aromatic heterocycles. The van der Waals surface area contributed by atoms with Gasteiger partial charge in [-0.3, -0.25) is 0 Å². The van der Waals surface area contributed by atoms with E-state index >= 15 is 0 Å². The highest BCUT2D eigenvalue weighted by molar-refractivity contribution is 6.30. The second kappa shape index (κ2) is 4.03. The number of benzene rings is 2. The Morgan fingerprint density at radius 1 is 1.07 bits per heavy atom. The maximum atomic E-state index is 13.2. The molecule has 1 radical (unpaired) electrons. The molecule has 0 nitrogen and oxygen atoms in total. The zero-order valence-electron chi connectivity index (χ0n) is 8.00. The largest absolute Gasteiger partial charge is 0.205 e. The molecule has 0 amide bonds. The number of halogens is 2. The summed E-state index contributed by atoms with van der Waals surface area (Å²) in [6.07, 6.45) is 0. The smallest absolute Gasteiger partial charge is 0.142 e. The second-order valence-electron chi connectivity index (χ2n) is 3.29. The summed E-state index contributed by atoms with van der Waals surface area (Å²) in [4.78, 5) is 0. The van der Waals surface area contributed by atoms with E-state index in [4.69, 9.17) is 11.6 Å². The van der Waals surface area contributed by atoms with Crippen molar-refractivity contribution in [1.82, 2.24) is 0 Å². The highest BCUT2D eigenvalue weighted by Crippen LogP contribution is 2.26. The quantitative estimate of drug-likeness (QED) is 0.670. The summed E-state index contributed by atoms with van der Waals surface area (Å²) in [5, 5.41) is 0.139. The van der Waals surface area contributed by atoms with Crippen LogP contribution in [0.25, 0.3) is 11.1 Å². The first-order valence-corrected chi connectivity index (χ1v) is 4.92. The van der Waals surface area contributed by atoms with E-state index in [1.165, 1.54) is 6.07 Å². The highest BCUT2D eigenvalue weighted by Gasteiger charge is 2.04. The SMILES string of the molecule is [CH2]c1ccccc1-c1ccc(Cl)c(F)c1. The van der Waals surface area contributed by atoms with Crippen LogP contribution in [0.5, 0.6) is 0 Å². The Balaban J connectivity index is 2.55. The molecule has 2 aromatic rings. The zero-order chi connectivity index (χ0) is 10.8. The van der Waals surface area contributed by atoms with Crippen molar-refractivity contribution in [3.8, 4) is 11.1 Å². The van der Waals surface area contributed by atoms with Gasteiger partial charge in [0.05, 0.1) is 5.02 Å². The molecule has 75 valence electrons. The van der Waals surface area contributed by atoms with Crippen LogP contribution in [0, 0.1) is 12.7 Å². The Morgan fingerprint density at radius 3 is 2.47 bits per heavy atom. The molecule has 0 N–H and O–H groups in total. The van der Waals surface area contributed by atoms with Crippen molar-refractivity contribution in [3.63, 3.8) is 0 Å². The molecule has 0 aliphatic carbocycles. The van der Waals surface area contributed by atoms with Crippen LogP contribution in [0.2, 0.25) is 5.02 Å². The van der Waals surface area contributed by atoms with Crippen LogP contribution < -0.4 is 0 Å². The molecule has 0 bridgehead atoms. The van der Waals surface area contributed by atoms with Gasteiger partial charge in [0.15, 0.2) is 0 Å². The third-order valence-corrected chi connectivity index (χ3v) is 2.55. The van der Waals surface area contributed by atoms with Crippen molar-refractivity contribution in [1.29, 1.82) is 0 Å². The van der Waals surface area contributed by atoms with Crippen LogP contribution >= 0.6 is 11.6 Å². The third-order valence-electron chi connectivity index (χ3n) is 2.25. The predicted octanol–water partition coefficient (Wildman–Crippen LogP) is 4.33. The van der Waals surface area contributed by atoms with Gasteiger partial charge in [-0.05, 0) is 35.7 Å². The summed E-state index contributed by atoms with van der Waals surface area (Å²) < 4.78 is 13.2. The normalized spacial score (nSPS) is 10.3. The van der Waals surface area contributed by atoms with E-state index in [1.54, 1.807) is 12.1 Å². The van der Waals surface area contributed by atoms with Crippen LogP contribution in [-0.2, 0) is 0 Å². The second-order valence-corrected chi connectivity index (χ2v) is 3.69. The molecule has 2 heteroatoms. The minimum atomic E-state index is -0.405. The lowest BCUT2D eigenvalue weighted by molar-refractivity contribution is 0.629. The van der Waals surface area contributed by atoms with Crippen molar-refractivity contribution in [3.05, 3.63) is 65.8 Å². The van der Waals surface area contributed by atoms with Gasteiger partial charge in [-0.25, -0.2) is 4.39 Å². The minimum Gasteiger partial charge on any atom is -0.205 e. The summed E-state index contributed by atoms with van der Waals surface area (Å²) in [6, 6.07) is 12.4. The van der Waals surface area contributed by atoms with E-state index in [-0.39, 0.29) is 5.02 Å². The van der Waals surface area contributed by atoms with Crippen molar-refractivity contribution < 1.29 is 4.39 Å². The lowest BCUT2D eigenvalue weighted by Gasteiger charge is -2.05. The van der Waals surface area contributed by atoms with Crippen LogP contribution in [0.15, 0.2) is 42.5 Å². The number of hydrogen-bond donors (Lipinski definition) is 0. The first-order chi connectivity index (χ1) is 7.18. The van der Waals surface area contributed by atoms with Gasteiger partial charge in [-0.1, -0.05) is 41.9 Å². The van der Waals surface area contributed by atoms with E-state index in [2.05, 4.69) is 6.92 Å².